The van der Waals surface area contributed by atoms with Crippen LogP contribution < -0.4 is 4.74 Å². The Hall–Kier alpha value is -4.42. The number of rotatable bonds is 6. The summed E-state index contributed by atoms with van der Waals surface area (Å²) in [6, 6.07) is 30.8. The maximum absolute atomic E-state index is 15.3. The third-order valence-electron chi connectivity index (χ3n) is 8.28. The summed E-state index contributed by atoms with van der Waals surface area (Å²) in [7, 11) is 0. The quantitative estimate of drug-likeness (QED) is 0.256. The molecule has 7 rings (SSSR count). The zero-order valence-corrected chi connectivity index (χ0v) is 22.5. The number of carbonyl (C=O) groups is 1. The van der Waals surface area contributed by atoms with Gasteiger partial charge in [-0.25, -0.2) is 9.18 Å². The van der Waals surface area contributed by atoms with Crippen LogP contribution in [-0.2, 0) is 16.1 Å². The van der Waals surface area contributed by atoms with Crippen molar-refractivity contribution in [3.05, 3.63) is 131 Å². The number of nitrogens with zero attached hydrogens (tertiary/aromatic N) is 1. The summed E-state index contributed by atoms with van der Waals surface area (Å²) in [5.74, 6) is 0.140. The van der Waals surface area contributed by atoms with Crippen molar-refractivity contribution in [2.24, 2.45) is 0 Å². The second kappa shape index (κ2) is 10.9. The molecule has 1 amide bonds. The van der Waals surface area contributed by atoms with Crippen LogP contribution >= 0.6 is 0 Å². The highest BCUT2D eigenvalue weighted by atomic mass is 19.1. The molecule has 4 aromatic carbocycles. The number of fused-ring (bicyclic) bond motifs is 5. The van der Waals surface area contributed by atoms with Crippen LogP contribution in [0.15, 0.2) is 103 Å². The van der Waals surface area contributed by atoms with Crippen molar-refractivity contribution < 1.29 is 23.4 Å². The van der Waals surface area contributed by atoms with Gasteiger partial charge in [-0.2, -0.15) is 0 Å². The first-order valence-electron chi connectivity index (χ1n) is 14.0. The highest BCUT2D eigenvalue weighted by molar-refractivity contribution is 5.79. The average Bonchev–Trinajstić information content (AvgIpc) is 3.32. The number of benzene rings is 4. The van der Waals surface area contributed by atoms with Crippen LogP contribution in [0.2, 0.25) is 0 Å². The monoisotopic (exact) mass is 547 g/mol. The summed E-state index contributed by atoms with van der Waals surface area (Å²) in [5.41, 5.74) is 7.17. The molecule has 206 valence electrons. The highest BCUT2D eigenvalue weighted by Crippen LogP contribution is 2.45. The predicted molar refractivity (Wildman–Crippen MR) is 155 cm³/mol. The molecule has 0 spiro atoms. The van der Waals surface area contributed by atoms with Crippen LogP contribution in [0.3, 0.4) is 0 Å². The lowest BCUT2D eigenvalue weighted by molar-refractivity contribution is -0.0331. The maximum Gasteiger partial charge on any atom is 0.410 e. The van der Waals surface area contributed by atoms with Gasteiger partial charge in [0.05, 0.1) is 25.3 Å². The summed E-state index contributed by atoms with van der Waals surface area (Å²) >= 11 is 0. The number of hydrogen-bond acceptors (Lipinski definition) is 4. The van der Waals surface area contributed by atoms with Crippen molar-refractivity contribution >= 4 is 11.7 Å². The van der Waals surface area contributed by atoms with Gasteiger partial charge in [-0.15, -0.1) is 0 Å². The summed E-state index contributed by atoms with van der Waals surface area (Å²) in [5, 5.41) is 0. The highest BCUT2D eigenvalue weighted by Gasteiger charge is 2.40. The van der Waals surface area contributed by atoms with E-state index in [1.54, 1.807) is 17.0 Å². The van der Waals surface area contributed by atoms with Crippen molar-refractivity contribution in [2.45, 2.75) is 31.0 Å². The van der Waals surface area contributed by atoms with Crippen LogP contribution in [0.25, 0.3) is 16.7 Å². The van der Waals surface area contributed by atoms with Gasteiger partial charge in [0.2, 0.25) is 0 Å². The fourth-order valence-corrected chi connectivity index (χ4v) is 6.34. The Labute approximate surface area is 238 Å². The molecule has 2 heterocycles. The van der Waals surface area contributed by atoms with E-state index in [-0.39, 0.29) is 36.5 Å². The normalized spacial score (nSPS) is 19.2. The van der Waals surface area contributed by atoms with Crippen LogP contribution in [0.1, 0.15) is 34.6 Å². The predicted octanol–water partition coefficient (Wildman–Crippen LogP) is 7.21. The minimum Gasteiger partial charge on any atom is -0.489 e. The van der Waals surface area contributed by atoms with E-state index < -0.39 is 0 Å². The topological polar surface area (TPSA) is 48.0 Å². The molecule has 4 aromatic rings. The molecular formula is C35H30FNO4. The lowest BCUT2D eigenvalue weighted by Crippen LogP contribution is -2.56. The van der Waals surface area contributed by atoms with Gasteiger partial charge in [-0.3, -0.25) is 4.90 Å². The summed E-state index contributed by atoms with van der Waals surface area (Å²) in [6.45, 7) is 1.38. The van der Waals surface area contributed by atoms with E-state index in [0.29, 0.717) is 37.6 Å². The third-order valence-corrected chi connectivity index (χ3v) is 8.28. The van der Waals surface area contributed by atoms with Crippen LogP contribution in [-0.4, -0.2) is 42.9 Å². The van der Waals surface area contributed by atoms with Gasteiger partial charge in [0.25, 0.3) is 0 Å². The Morgan fingerprint density at radius 2 is 1.56 bits per heavy atom. The second-order valence-corrected chi connectivity index (χ2v) is 10.8. The molecule has 1 saturated heterocycles. The molecule has 6 heteroatoms. The Morgan fingerprint density at radius 1 is 0.854 bits per heavy atom. The van der Waals surface area contributed by atoms with E-state index >= 15 is 4.39 Å². The number of ether oxygens (including phenoxy) is 3. The van der Waals surface area contributed by atoms with E-state index in [9.17, 15) is 4.79 Å². The number of amides is 1. The Kier molecular flexibility index (Phi) is 6.77. The van der Waals surface area contributed by atoms with Crippen LogP contribution in [0, 0.1) is 5.82 Å². The van der Waals surface area contributed by atoms with Gasteiger partial charge in [-0.05, 0) is 51.9 Å². The van der Waals surface area contributed by atoms with E-state index in [0.717, 1.165) is 11.1 Å². The Bertz CT molecular complexity index is 1570. The van der Waals surface area contributed by atoms with E-state index in [2.05, 4.69) is 24.3 Å². The molecule has 2 unspecified atom stereocenters. The van der Waals surface area contributed by atoms with Gasteiger partial charge < -0.3 is 14.2 Å². The lowest BCUT2D eigenvalue weighted by Gasteiger charge is -2.44. The van der Waals surface area contributed by atoms with Gasteiger partial charge in [0.15, 0.2) is 0 Å². The fourth-order valence-electron chi connectivity index (χ4n) is 6.34. The first-order valence-corrected chi connectivity index (χ1v) is 14.0. The zero-order valence-electron chi connectivity index (χ0n) is 22.5. The summed E-state index contributed by atoms with van der Waals surface area (Å²) in [6.07, 6.45) is 2.08. The molecule has 0 aromatic heterocycles. The SMILES string of the molecule is O=C(OCC1c2ccccc2-c2ccccc21)N1C2C=C(c3ccc(OCc4ccccc4)cc3F)CC1COC2. The molecule has 5 nitrogen and oxygen atoms in total. The number of morpholine rings is 1. The number of hydrogen-bond donors (Lipinski definition) is 0. The van der Waals surface area contributed by atoms with Crippen LogP contribution in [0.4, 0.5) is 9.18 Å². The maximum atomic E-state index is 15.3. The molecule has 2 aliphatic heterocycles. The smallest absolute Gasteiger partial charge is 0.410 e. The van der Waals surface area contributed by atoms with Crippen LogP contribution in [0.5, 0.6) is 5.75 Å². The standard InChI is InChI=1S/C35H30FNO4/c36-34-18-27(40-19-23-8-2-1-3-9-23)14-15-28(34)24-16-25-20-39-21-26(17-24)37(25)35(38)41-22-33-31-12-6-4-10-29(31)30-11-5-7-13-32(30)33/h1-16,18,25-26,33H,17,19-22H2. The molecular weight excluding hydrogens is 517 g/mol. The lowest BCUT2D eigenvalue weighted by atomic mass is 9.90. The van der Waals surface area contributed by atoms with Crippen molar-refractivity contribution in [3.8, 4) is 16.9 Å². The third kappa shape index (κ3) is 4.89. The number of carbonyl (C=O) groups excluding carboxylic acids is 1. The molecule has 1 fully saturated rings. The summed E-state index contributed by atoms with van der Waals surface area (Å²) in [4.78, 5) is 15.2. The van der Waals surface area contributed by atoms with Gasteiger partial charge in [0.1, 0.15) is 24.8 Å². The Morgan fingerprint density at radius 3 is 2.27 bits per heavy atom. The molecule has 1 aliphatic carbocycles. The van der Waals surface area contributed by atoms with Crippen molar-refractivity contribution in [1.82, 2.24) is 4.90 Å². The van der Waals surface area contributed by atoms with Gasteiger partial charge >= 0.3 is 6.09 Å². The van der Waals surface area contributed by atoms with E-state index in [1.165, 1.54) is 28.3 Å². The van der Waals surface area contributed by atoms with E-state index in [1.807, 2.05) is 60.7 Å². The largest absolute Gasteiger partial charge is 0.489 e. The van der Waals surface area contributed by atoms with Gasteiger partial charge in [0, 0.05) is 17.5 Å². The average molecular weight is 548 g/mol. The van der Waals surface area contributed by atoms with E-state index in [4.69, 9.17) is 14.2 Å². The van der Waals surface area contributed by atoms with Gasteiger partial charge in [-0.1, -0.05) is 84.9 Å². The molecule has 0 saturated carbocycles. The fraction of sp³-hybridized carbons (Fsp3) is 0.229. The minimum absolute atomic E-state index is 0.00458. The Balaban J connectivity index is 1.05. The van der Waals surface area contributed by atoms with Crippen molar-refractivity contribution in [1.29, 1.82) is 0 Å². The molecule has 2 bridgehead atoms. The number of halogens is 1. The first-order chi connectivity index (χ1) is 20.2. The van der Waals surface area contributed by atoms with Crippen molar-refractivity contribution in [2.75, 3.05) is 19.8 Å². The molecule has 41 heavy (non-hydrogen) atoms. The molecule has 0 N–H and O–H groups in total. The first kappa shape index (κ1) is 25.5. The molecule has 3 aliphatic rings. The minimum atomic E-state index is -0.356. The van der Waals surface area contributed by atoms with Crippen molar-refractivity contribution in [3.63, 3.8) is 0 Å². The zero-order chi connectivity index (χ0) is 27.8. The molecule has 2 atom stereocenters. The second-order valence-electron chi connectivity index (χ2n) is 10.8. The summed E-state index contributed by atoms with van der Waals surface area (Å²) < 4.78 is 32.8. The molecule has 0 radical (unpaired) electrons.